The van der Waals surface area contributed by atoms with Crippen molar-refractivity contribution < 1.29 is 13.2 Å². The maximum Gasteiger partial charge on any atom is 0.425 e. The van der Waals surface area contributed by atoms with Crippen LogP contribution in [0.1, 0.15) is 10.4 Å². The van der Waals surface area contributed by atoms with Gasteiger partial charge in [-0.05, 0) is 17.0 Å². The standard InChI is InChI=1S/C6H4BrF3S/c7-2-4-1-5(11-3-4)6(8,9)10/h1,3H,2H2. The smallest absolute Gasteiger partial charge is 0.165 e. The highest BCUT2D eigenvalue weighted by molar-refractivity contribution is 9.08. The summed E-state index contributed by atoms with van der Waals surface area (Å²) >= 11 is 3.80. The third-order valence-electron chi connectivity index (χ3n) is 1.09. The number of thiophene rings is 1. The van der Waals surface area contributed by atoms with E-state index in [1.807, 2.05) is 0 Å². The van der Waals surface area contributed by atoms with E-state index < -0.39 is 11.1 Å². The van der Waals surface area contributed by atoms with Crippen LogP contribution in [-0.4, -0.2) is 0 Å². The first-order valence-corrected chi connectivity index (χ1v) is 4.74. The van der Waals surface area contributed by atoms with Crippen LogP contribution >= 0.6 is 27.3 Å². The average Bonchev–Trinajstić information content (AvgIpc) is 2.32. The quantitative estimate of drug-likeness (QED) is 0.662. The summed E-state index contributed by atoms with van der Waals surface area (Å²) in [6, 6.07) is 1.15. The van der Waals surface area contributed by atoms with Crippen LogP contribution in [0, 0.1) is 0 Å². The van der Waals surface area contributed by atoms with Gasteiger partial charge in [0.25, 0.3) is 0 Å². The highest BCUT2D eigenvalue weighted by atomic mass is 79.9. The second kappa shape index (κ2) is 3.15. The van der Waals surface area contributed by atoms with E-state index >= 15 is 0 Å². The van der Waals surface area contributed by atoms with Crippen LogP contribution in [0.5, 0.6) is 0 Å². The molecule has 0 spiro atoms. The number of hydrogen-bond acceptors (Lipinski definition) is 1. The van der Waals surface area contributed by atoms with E-state index in [0.29, 0.717) is 10.9 Å². The molecule has 11 heavy (non-hydrogen) atoms. The van der Waals surface area contributed by atoms with Gasteiger partial charge in [-0.25, -0.2) is 0 Å². The molecule has 0 atom stereocenters. The average molecular weight is 245 g/mol. The Hall–Kier alpha value is -0.0300. The molecule has 0 aliphatic carbocycles. The Morgan fingerprint density at radius 1 is 1.45 bits per heavy atom. The monoisotopic (exact) mass is 244 g/mol. The number of alkyl halides is 4. The topological polar surface area (TPSA) is 0 Å². The van der Waals surface area contributed by atoms with Gasteiger partial charge < -0.3 is 0 Å². The Kier molecular flexibility index (Phi) is 2.59. The molecule has 0 saturated carbocycles. The maximum absolute atomic E-state index is 11.9. The van der Waals surface area contributed by atoms with Gasteiger partial charge >= 0.3 is 6.18 Å². The SMILES string of the molecule is FC(F)(F)c1cc(CBr)cs1. The number of halogens is 4. The molecule has 0 aliphatic heterocycles. The summed E-state index contributed by atoms with van der Waals surface area (Å²) in [5.74, 6) is 0. The Balaban J connectivity index is 2.89. The molecule has 0 nitrogen and oxygen atoms in total. The fraction of sp³-hybridized carbons (Fsp3) is 0.333. The molecule has 0 amide bonds. The zero-order valence-corrected chi connectivity index (χ0v) is 7.68. The lowest BCUT2D eigenvalue weighted by atomic mass is 10.3. The van der Waals surface area contributed by atoms with Crippen LogP contribution in [0.4, 0.5) is 13.2 Å². The molecular weight excluding hydrogens is 241 g/mol. The van der Waals surface area contributed by atoms with Crippen LogP contribution in [0.3, 0.4) is 0 Å². The van der Waals surface area contributed by atoms with Crippen LogP contribution in [0.25, 0.3) is 0 Å². The second-order valence-corrected chi connectivity index (χ2v) is 3.42. The summed E-state index contributed by atoms with van der Waals surface area (Å²) in [5.41, 5.74) is 0.669. The first kappa shape index (κ1) is 9.06. The first-order chi connectivity index (χ1) is 5.04. The van der Waals surface area contributed by atoms with E-state index in [-0.39, 0.29) is 0 Å². The molecule has 0 unspecified atom stereocenters. The van der Waals surface area contributed by atoms with Gasteiger partial charge in [-0.15, -0.1) is 11.3 Å². The van der Waals surface area contributed by atoms with Crippen molar-refractivity contribution in [3.8, 4) is 0 Å². The van der Waals surface area contributed by atoms with E-state index in [9.17, 15) is 13.2 Å². The minimum absolute atomic E-state index is 0.472. The van der Waals surface area contributed by atoms with E-state index in [1.165, 1.54) is 5.38 Å². The molecule has 0 aliphatic rings. The molecule has 62 valence electrons. The minimum Gasteiger partial charge on any atom is -0.165 e. The Morgan fingerprint density at radius 3 is 2.36 bits per heavy atom. The van der Waals surface area contributed by atoms with Crippen molar-refractivity contribution in [3.05, 3.63) is 21.9 Å². The highest BCUT2D eigenvalue weighted by Crippen LogP contribution is 2.34. The molecule has 1 aromatic heterocycles. The van der Waals surface area contributed by atoms with Gasteiger partial charge in [-0.1, -0.05) is 15.9 Å². The lowest BCUT2D eigenvalue weighted by molar-refractivity contribution is -0.134. The van der Waals surface area contributed by atoms with Crippen molar-refractivity contribution in [2.45, 2.75) is 11.5 Å². The first-order valence-electron chi connectivity index (χ1n) is 2.74. The van der Waals surface area contributed by atoms with E-state index in [1.54, 1.807) is 0 Å². The van der Waals surface area contributed by atoms with Gasteiger partial charge in [-0.3, -0.25) is 0 Å². The molecule has 0 N–H and O–H groups in total. The van der Waals surface area contributed by atoms with E-state index in [0.717, 1.165) is 17.4 Å². The second-order valence-electron chi connectivity index (χ2n) is 1.95. The summed E-state index contributed by atoms with van der Waals surface area (Å²) in [7, 11) is 0. The molecule has 1 aromatic rings. The normalized spacial score (nSPS) is 12.0. The maximum atomic E-state index is 11.9. The van der Waals surface area contributed by atoms with Crippen molar-refractivity contribution >= 4 is 27.3 Å². The van der Waals surface area contributed by atoms with Gasteiger partial charge in [0.1, 0.15) is 4.88 Å². The van der Waals surface area contributed by atoms with Crippen LogP contribution in [-0.2, 0) is 11.5 Å². The lowest BCUT2D eigenvalue weighted by Crippen LogP contribution is -2.00. The van der Waals surface area contributed by atoms with Crippen LogP contribution in [0.15, 0.2) is 11.4 Å². The molecular formula is C6H4BrF3S. The Bertz CT molecular complexity index is 240. The van der Waals surface area contributed by atoms with Gasteiger partial charge in [0.05, 0.1) is 0 Å². The van der Waals surface area contributed by atoms with Crippen molar-refractivity contribution in [2.75, 3.05) is 0 Å². The van der Waals surface area contributed by atoms with Gasteiger partial charge in [0.2, 0.25) is 0 Å². The van der Waals surface area contributed by atoms with Gasteiger partial charge in [0, 0.05) is 5.33 Å². The molecule has 5 heteroatoms. The van der Waals surface area contributed by atoms with Crippen LogP contribution < -0.4 is 0 Å². The van der Waals surface area contributed by atoms with E-state index in [4.69, 9.17) is 0 Å². The number of rotatable bonds is 1. The lowest BCUT2D eigenvalue weighted by Gasteiger charge is -1.99. The molecule has 0 bridgehead atoms. The Labute approximate surface area is 74.2 Å². The van der Waals surface area contributed by atoms with Crippen molar-refractivity contribution in [2.24, 2.45) is 0 Å². The van der Waals surface area contributed by atoms with Crippen LogP contribution in [0.2, 0.25) is 0 Å². The Morgan fingerprint density at radius 2 is 2.09 bits per heavy atom. The third-order valence-corrected chi connectivity index (χ3v) is 2.76. The summed E-state index contributed by atoms with van der Waals surface area (Å²) in [6.45, 7) is 0. The van der Waals surface area contributed by atoms with E-state index in [2.05, 4.69) is 15.9 Å². The molecule has 0 saturated heterocycles. The fourth-order valence-corrected chi connectivity index (χ4v) is 1.92. The summed E-state index contributed by atoms with van der Waals surface area (Å²) < 4.78 is 35.8. The zero-order valence-electron chi connectivity index (χ0n) is 5.28. The molecule has 0 aromatic carbocycles. The number of hydrogen-bond donors (Lipinski definition) is 0. The molecule has 0 radical (unpaired) electrons. The zero-order chi connectivity index (χ0) is 8.48. The molecule has 1 heterocycles. The minimum atomic E-state index is -4.19. The molecule has 0 fully saturated rings. The van der Waals surface area contributed by atoms with Gasteiger partial charge in [-0.2, -0.15) is 13.2 Å². The molecule has 1 rings (SSSR count). The largest absolute Gasteiger partial charge is 0.425 e. The fourth-order valence-electron chi connectivity index (χ4n) is 0.594. The third kappa shape index (κ3) is 2.20. The predicted octanol–water partition coefficient (Wildman–Crippen LogP) is 3.66. The summed E-state index contributed by atoms with van der Waals surface area (Å²) in [6.07, 6.45) is -4.19. The van der Waals surface area contributed by atoms with Crippen molar-refractivity contribution in [3.63, 3.8) is 0 Å². The van der Waals surface area contributed by atoms with Gasteiger partial charge in [0.15, 0.2) is 0 Å². The highest BCUT2D eigenvalue weighted by Gasteiger charge is 2.32. The van der Waals surface area contributed by atoms with Crippen molar-refractivity contribution in [1.29, 1.82) is 0 Å². The summed E-state index contributed by atoms with van der Waals surface area (Å²) in [5, 5.41) is 1.97. The predicted molar refractivity (Wildman–Crippen MR) is 42.0 cm³/mol. The summed E-state index contributed by atoms with van der Waals surface area (Å²) in [4.78, 5) is -0.535. The van der Waals surface area contributed by atoms with Crippen molar-refractivity contribution in [1.82, 2.24) is 0 Å².